The molecule has 2 aromatic rings. The molecular formula is C9H9N3O2. The van der Waals surface area contributed by atoms with Crippen molar-refractivity contribution >= 4 is 22.4 Å². The van der Waals surface area contributed by atoms with Gasteiger partial charge in [0.1, 0.15) is 0 Å². The van der Waals surface area contributed by atoms with Gasteiger partial charge in [-0.2, -0.15) is 0 Å². The van der Waals surface area contributed by atoms with Gasteiger partial charge in [-0.25, -0.2) is 4.98 Å². The first-order valence-electron chi connectivity index (χ1n) is 4.05. The second kappa shape index (κ2) is 3.49. The maximum absolute atomic E-state index is 8.83. The molecular weight excluding hydrogens is 182 g/mol. The lowest BCUT2D eigenvalue weighted by Gasteiger charge is -2.06. The van der Waals surface area contributed by atoms with Gasteiger partial charge in [-0.15, -0.1) is 0 Å². The lowest BCUT2D eigenvalue weighted by Crippen LogP contribution is -1.99. The van der Waals surface area contributed by atoms with Gasteiger partial charge in [0.05, 0.1) is 0 Å². The van der Waals surface area contributed by atoms with Crippen LogP contribution >= 0.6 is 0 Å². The van der Waals surface area contributed by atoms with Crippen molar-refractivity contribution < 1.29 is 10.4 Å². The number of hydrogen-bond donors (Lipinski definition) is 4. The van der Waals surface area contributed by atoms with Crippen LogP contribution in [0.25, 0.3) is 10.8 Å². The highest BCUT2D eigenvalue weighted by molar-refractivity contribution is 5.93. The standard InChI is InChI=1S/C9H9N3O2/c13-11-8-5-6-3-1-2-4-7(6)9(10-8)12-14/h1-5,13-14H,(H2,10,11,12). The minimum absolute atomic E-state index is 0.278. The molecule has 5 heteroatoms. The van der Waals surface area contributed by atoms with Crippen LogP contribution < -0.4 is 11.0 Å². The Morgan fingerprint density at radius 2 is 1.86 bits per heavy atom. The molecule has 2 rings (SSSR count). The number of rotatable bonds is 2. The van der Waals surface area contributed by atoms with Gasteiger partial charge < -0.3 is 0 Å². The van der Waals surface area contributed by atoms with E-state index in [1.54, 1.807) is 6.07 Å². The highest BCUT2D eigenvalue weighted by Gasteiger charge is 2.03. The number of benzene rings is 1. The Kier molecular flexibility index (Phi) is 2.18. The molecule has 5 nitrogen and oxygen atoms in total. The smallest absolute Gasteiger partial charge is 0.159 e. The molecule has 0 aliphatic rings. The van der Waals surface area contributed by atoms with Gasteiger partial charge in [0.2, 0.25) is 0 Å². The lowest BCUT2D eigenvalue weighted by molar-refractivity contribution is 0.381. The highest BCUT2D eigenvalue weighted by Crippen LogP contribution is 2.23. The number of nitrogens with zero attached hydrogens (tertiary/aromatic N) is 1. The average molecular weight is 191 g/mol. The van der Waals surface area contributed by atoms with Gasteiger partial charge in [-0.05, 0) is 11.5 Å². The van der Waals surface area contributed by atoms with Gasteiger partial charge in [-0.1, -0.05) is 24.3 Å². The summed E-state index contributed by atoms with van der Waals surface area (Å²) in [5, 5.41) is 19.2. The Morgan fingerprint density at radius 3 is 2.57 bits per heavy atom. The molecule has 0 saturated heterocycles. The van der Waals surface area contributed by atoms with Crippen molar-refractivity contribution in [2.24, 2.45) is 0 Å². The third kappa shape index (κ3) is 1.34. The van der Waals surface area contributed by atoms with Gasteiger partial charge in [0.15, 0.2) is 11.6 Å². The van der Waals surface area contributed by atoms with Crippen LogP contribution in [0.15, 0.2) is 30.3 Å². The monoisotopic (exact) mass is 191 g/mol. The van der Waals surface area contributed by atoms with Gasteiger partial charge in [-0.3, -0.25) is 21.4 Å². The molecule has 0 saturated carbocycles. The van der Waals surface area contributed by atoms with Crippen LogP contribution in [0, 0.1) is 0 Å². The molecule has 1 aromatic carbocycles. The first-order chi connectivity index (χ1) is 6.85. The minimum atomic E-state index is 0.278. The fourth-order valence-electron chi connectivity index (χ4n) is 1.34. The molecule has 0 amide bonds. The molecule has 0 aliphatic heterocycles. The van der Waals surface area contributed by atoms with Crippen molar-refractivity contribution in [2.45, 2.75) is 0 Å². The summed E-state index contributed by atoms with van der Waals surface area (Å²) >= 11 is 0. The van der Waals surface area contributed by atoms with E-state index in [-0.39, 0.29) is 5.82 Å². The summed E-state index contributed by atoms with van der Waals surface area (Å²) in [7, 11) is 0. The molecule has 0 bridgehead atoms. The van der Waals surface area contributed by atoms with Gasteiger partial charge in [0.25, 0.3) is 0 Å². The maximum atomic E-state index is 8.83. The summed E-state index contributed by atoms with van der Waals surface area (Å²) < 4.78 is 0. The van der Waals surface area contributed by atoms with Gasteiger partial charge in [0, 0.05) is 5.39 Å². The molecule has 0 atom stereocenters. The van der Waals surface area contributed by atoms with Crippen molar-refractivity contribution in [2.75, 3.05) is 11.0 Å². The molecule has 0 spiro atoms. The normalized spacial score (nSPS) is 10.1. The summed E-state index contributed by atoms with van der Waals surface area (Å²) in [6.07, 6.45) is 0. The highest BCUT2D eigenvalue weighted by atomic mass is 16.5. The summed E-state index contributed by atoms with van der Waals surface area (Å²) in [4.78, 5) is 3.92. The molecule has 0 unspecified atom stereocenters. The van der Waals surface area contributed by atoms with E-state index < -0.39 is 0 Å². The van der Waals surface area contributed by atoms with Crippen LogP contribution in [0.1, 0.15) is 0 Å². The van der Waals surface area contributed by atoms with Crippen molar-refractivity contribution in [1.29, 1.82) is 0 Å². The molecule has 4 N–H and O–H groups in total. The predicted octanol–water partition coefficient (Wildman–Crippen LogP) is 1.84. The molecule has 1 aromatic heterocycles. The number of fused-ring (bicyclic) bond motifs is 1. The third-order valence-corrected chi connectivity index (χ3v) is 1.96. The van der Waals surface area contributed by atoms with Crippen LogP contribution in [0.4, 0.5) is 11.6 Å². The number of pyridine rings is 1. The van der Waals surface area contributed by atoms with Crippen LogP contribution in [0.3, 0.4) is 0 Å². The topological polar surface area (TPSA) is 77.4 Å². The van der Waals surface area contributed by atoms with E-state index in [0.717, 1.165) is 10.8 Å². The number of anilines is 2. The molecule has 0 aliphatic carbocycles. The molecule has 0 fully saturated rings. The second-order valence-corrected chi connectivity index (χ2v) is 2.80. The van der Waals surface area contributed by atoms with Crippen LogP contribution in [-0.4, -0.2) is 15.4 Å². The largest absolute Gasteiger partial charge is 0.290 e. The third-order valence-electron chi connectivity index (χ3n) is 1.96. The summed E-state index contributed by atoms with van der Waals surface area (Å²) in [5.41, 5.74) is 3.91. The molecule has 14 heavy (non-hydrogen) atoms. The Bertz CT molecular complexity index is 459. The summed E-state index contributed by atoms with van der Waals surface area (Å²) in [6, 6.07) is 9.07. The molecule has 1 heterocycles. The second-order valence-electron chi connectivity index (χ2n) is 2.80. The molecule has 72 valence electrons. The van der Waals surface area contributed by atoms with E-state index in [9.17, 15) is 0 Å². The Balaban J connectivity index is 2.73. The van der Waals surface area contributed by atoms with E-state index in [1.165, 1.54) is 0 Å². The van der Waals surface area contributed by atoms with Crippen molar-refractivity contribution in [3.05, 3.63) is 30.3 Å². The first-order valence-corrected chi connectivity index (χ1v) is 4.05. The number of aromatic nitrogens is 1. The predicted molar refractivity (Wildman–Crippen MR) is 52.6 cm³/mol. The van der Waals surface area contributed by atoms with E-state index >= 15 is 0 Å². The maximum Gasteiger partial charge on any atom is 0.159 e. The van der Waals surface area contributed by atoms with Crippen LogP contribution in [0.2, 0.25) is 0 Å². The zero-order chi connectivity index (χ0) is 9.97. The van der Waals surface area contributed by atoms with Crippen molar-refractivity contribution in [3.8, 4) is 0 Å². The zero-order valence-corrected chi connectivity index (χ0v) is 7.23. The van der Waals surface area contributed by atoms with E-state index in [2.05, 4.69) is 4.98 Å². The number of hydrogen-bond acceptors (Lipinski definition) is 5. The fourth-order valence-corrected chi connectivity index (χ4v) is 1.34. The van der Waals surface area contributed by atoms with Crippen LogP contribution in [-0.2, 0) is 0 Å². The summed E-state index contributed by atoms with van der Waals surface area (Å²) in [5.74, 6) is 0.583. The quantitative estimate of drug-likeness (QED) is 0.545. The lowest BCUT2D eigenvalue weighted by atomic mass is 10.1. The molecule has 0 radical (unpaired) electrons. The van der Waals surface area contributed by atoms with E-state index in [4.69, 9.17) is 10.4 Å². The Hall–Kier alpha value is -1.85. The van der Waals surface area contributed by atoms with Crippen molar-refractivity contribution in [3.63, 3.8) is 0 Å². The first kappa shape index (κ1) is 8.74. The van der Waals surface area contributed by atoms with Gasteiger partial charge >= 0.3 is 0 Å². The van der Waals surface area contributed by atoms with E-state index in [0.29, 0.717) is 5.82 Å². The summed E-state index contributed by atoms with van der Waals surface area (Å²) in [6.45, 7) is 0. The SMILES string of the molecule is ONc1cc2ccccc2c(NO)n1. The van der Waals surface area contributed by atoms with Crippen LogP contribution in [0.5, 0.6) is 0 Å². The minimum Gasteiger partial charge on any atom is -0.290 e. The fraction of sp³-hybridized carbons (Fsp3) is 0. The average Bonchev–Trinajstić information content (AvgIpc) is 2.27. The zero-order valence-electron chi connectivity index (χ0n) is 7.23. The van der Waals surface area contributed by atoms with Crippen molar-refractivity contribution in [1.82, 2.24) is 4.98 Å². The van der Waals surface area contributed by atoms with E-state index in [1.807, 2.05) is 35.2 Å². The number of nitrogens with one attached hydrogen (secondary N) is 2. The Labute approximate surface area is 79.9 Å². The Morgan fingerprint density at radius 1 is 1.07 bits per heavy atom.